The number of likely N-dealkylation sites (tertiary alicyclic amines) is 1. The summed E-state index contributed by atoms with van der Waals surface area (Å²) >= 11 is 0. The Morgan fingerprint density at radius 2 is 2.07 bits per heavy atom. The van der Waals surface area contributed by atoms with Crippen molar-refractivity contribution >= 4 is 0 Å². The highest BCUT2D eigenvalue weighted by atomic mass is 16.3. The number of piperidine rings is 1. The van der Waals surface area contributed by atoms with Crippen LogP contribution in [0.2, 0.25) is 0 Å². The molecule has 2 rings (SSSR count). The van der Waals surface area contributed by atoms with Gasteiger partial charge in [-0.25, -0.2) is 4.98 Å². The minimum absolute atomic E-state index is 0.439. The molecule has 1 aliphatic rings. The van der Waals surface area contributed by atoms with Crippen molar-refractivity contribution in [3.8, 4) is 0 Å². The van der Waals surface area contributed by atoms with Crippen LogP contribution < -0.4 is 0 Å². The molecule has 1 fully saturated rings. The van der Waals surface area contributed by atoms with Gasteiger partial charge in [-0.05, 0) is 19.8 Å². The van der Waals surface area contributed by atoms with Crippen LogP contribution in [0.3, 0.4) is 0 Å². The Kier molecular flexibility index (Phi) is 3.07. The first-order chi connectivity index (χ1) is 7.16. The molecule has 4 nitrogen and oxygen atoms in total. The molecule has 1 aromatic rings. The number of rotatable bonds is 3. The molecule has 4 heteroatoms. The van der Waals surface area contributed by atoms with E-state index >= 15 is 0 Å². The highest BCUT2D eigenvalue weighted by molar-refractivity contribution is 4.82. The van der Waals surface area contributed by atoms with Crippen LogP contribution in [0.5, 0.6) is 0 Å². The Morgan fingerprint density at radius 1 is 1.33 bits per heavy atom. The van der Waals surface area contributed by atoms with E-state index in [9.17, 15) is 5.11 Å². The van der Waals surface area contributed by atoms with Crippen LogP contribution >= 0.6 is 0 Å². The van der Waals surface area contributed by atoms with Gasteiger partial charge in [0.2, 0.25) is 0 Å². The third-order valence-electron chi connectivity index (χ3n) is 3.17. The van der Waals surface area contributed by atoms with E-state index in [0.29, 0.717) is 0 Å². The van der Waals surface area contributed by atoms with Crippen molar-refractivity contribution in [2.24, 2.45) is 0 Å². The van der Waals surface area contributed by atoms with Crippen molar-refractivity contribution in [1.29, 1.82) is 0 Å². The number of nitrogens with zero attached hydrogens (tertiary/aromatic N) is 3. The molecule has 0 spiro atoms. The lowest BCUT2D eigenvalue weighted by molar-refractivity contribution is -0.00589. The fourth-order valence-electron chi connectivity index (χ4n) is 1.93. The standard InChI is InChI=1S/C11H19N3O/c1-11(15)2-5-13(6-3-11)8-9-14-7-4-12-10-14/h4,7,10,15H,2-3,5-6,8-9H2,1H3. The first kappa shape index (κ1) is 10.6. The fraction of sp³-hybridized carbons (Fsp3) is 0.727. The van der Waals surface area contributed by atoms with E-state index < -0.39 is 5.60 Å². The predicted molar refractivity (Wildman–Crippen MR) is 58.5 cm³/mol. The number of hydrogen-bond acceptors (Lipinski definition) is 3. The van der Waals surface area contributed by atoms with Gasteiger partial charge in [0, 0.05) is 38.6 Å². The van der Waals surface area contributed by atoms with Crippen molar-refractivity contribution in [2.75, 3.05) is 19.6 Å². The van der Waals surface area contributed by atoms with Crippen LogP contribution in [0.4, 0.5) is 0 Å². The summed E-state index contributed by atoms with van der Waals surface area (Å²) in [6, 6.07) is 0. The maximum Gasteiger partial charge on any atom is 0.0946 e. The Hall–Kier alpha value is -0.870. The molecule has 1 saturated heterocycles. The van der Waals surface area contributed by atoms with E-state index in [-0.39, 0.29) is 0 Å². The van der Waals surface area contributed by atoms with E-state index in [1.807, 2.05) is 19.4 Å². The molecule has 0 bridgehead atoms. The zero-order valence-corrected chi connectivity index (χ0v) is 9.26. The van der Waals surface area contributed by atoms with E-state index in [2.05, 4.69) is 14.5 Å². The second-order valence-electron chi connectivity index (χ2n) is 4.64. The van der Waals surface area contributed by atoms with E-state index in [0.717, 1.165) is 39.0 Å². The first-order valence-corrected chi connectivity index (χ1v) is 5.56. The highest BCUT2D eigenvalue weighted by Gasteiger charge is 2.26. The third-order valence-corrected chi connectivity index (χ3v) is 3.17. The monoisotopic (exact) mass is 209 g/mol. The summed E-state index contributed by atoms with van der Waals surface area (Å²) in [7, 11) is 0. The number of aromatic nitrogens is 2. The molecule has 1 aromatic heterocycles. The Bertz CT molecular complexity index is 285. The van der Waals surface area contributed by atoms with E-state index in [4.69, 9.17) is 0 Å². The average molecular weight is 209 g/mol. The Balaban J connectivity index is 1.73. The molecule has 0 saturated carbocycles. The van der Waals surface area contributed by atoms with Gasteiger partial charge in [0.05, 0.1) is 11.9 Å². The molecule has 0 atom stereocenters. The Labute approximate surface area is 90.5 Å². The lowest BCUT2D eigenvalue weighted by atomic mass is 9.94. The quantitative estimate of drug-likeness (QED) is 0.798. The maximum atomic E-state index is 9.80. The topological polar surface area (TPSA) is 41.3 Å². The average Bonchev–Trinajstić information content (AvgIpc) is 2.69. The smallest absolute Gasteiger partial charge is 0.0946 e. The number of imidazole rings is 1. The SMILES string of the molecule is CC1(O)CCN(CCn2ccnc2)CC1. The van der Waals surface area contributed by atoms with Gasteiger partial charge in [0.15, 0.2) is 0 Å². The van der Waals surface area contributed by atoms with Gasteiger partial charge in [-0.3, -0.25) is 0 Å². The Morgan fingerprint density at radius 3 is 2.67 bits per heavy atom. The van der Waals surface area contributed by atoms with Crippen LogP contribution in [-0.2, 0) is 6.54 Å². The summed E-state index contributed by atoms with van der Waals surface area (Å²) in [5.74, 6) is 0. The molecule has 0 aromatic carbocycles. The maximum absolute atomic E-state index is 9.80. The molecule has 1 N–H and O–H groups in total. The van der Waals surface area contributed by atoms with Crippen LogP contribution in [0, 0.1) is 0 Å². The highest BCUT2D eigenvalue weighted by Crippen LogP contribution is 2.20. The van der Waals surface area contributed by atoms with E-state index in [1.165, 1.54) is 0 Å². The lowest BCUT2D eigenvalue weighted by Gasteiger charge is -2.35. The van der Waals surface area contributed by atoms with Gasteiger partial charge < -0.3 is 14.6 Å². The van der Waals surface area contributed by atoms with Crippen LogP contribution in [0.15, 0.2) is 18.7 Å². The van der Waals surface area contributed by atoms with Crippen molar-refractivity contribution in [2.45, 2.75) is 31.9 Å². The minimum atomic E-state index is -0.439. The van der Waals surface area contributed by atoms with Gasteiger partial charge in [-0.1, -0.05) is 0 Å². The van der Waals surface area contributed by atoms with Crippen LogP contribution in [-0.4, -0.2) is 44.8 Å². The zero-order chi connectivity index (χ0) is 10.7. The molecule has 0 amide bonds. The second kappa shape index (κ2) is 4.33. The van der Waals surface area contributed by atoms with Gasteiger partial charge >= 0.3 is 0 Å². The molecule has 15 heavy (non-hydrogen) atoms. The first-order valence-electron chi connectivity index (χ1n) is 5.56. The van der Waals surface area contributed by atoms with Crippen LogP contribution in [0.1, 0.15) is 19.8 Å². The van der Waals surface area contributed by atoms with Crippen molar-refractivity contribution in [3.63, 3.8) is 0 Å². The number of hydrogen-bond donors (Lipinski definition) is 1. The van der Waals surface area contributed by atoms with Crippen LogP contribution in [0.25, 0.3) is 0 Å². The largest absolute Gasteiger partial charge is 0.390 e. The summed E-state index contributed by atoms with van der Waals surface area (Å²) in [6.07, 6.45) is 7.41. The summed E-state index contributed by atoms with van der Waals surface area (Å²) in [4.78, 5) is 6.41. The van der Waals surface area contributed by atoms with Crippen molar-refractivity contribution in [1.82, 2.24) is 14.5 Å². The summed E-state index contributed by atoms with van der Waals surface area (Å²) < 4.78 is 2.09. The molecular weight excluding hydrogens is 190 g/mol. The number of aliphatic hydroxyl groups is 1. The molecule has 0 unspecified atom stereocenters. The van der Waals surface area contributed by atoms with Gasteiger partial charge in [-0.2, -0.15) is 0 Å². The van der Waals surface area contributed by atoms with Crippen molar-refractivity contribution in [3.05, 3.63) is 18.7 Å². The third kappa shape index (κ3) is 3.04. The molecule has 0 aliphatic carbocycles. The van der Waals surface area contributed by atoms with Gasteiger partial charge in [0.1, 0.15) is 0 Å². The van der Waals surface area contributed by atoms with E-state index in [1.54, 1.807) is 6.20 Å². The second-order valence-corrected chi connectivity index (χ2v) is 4.64. The fourth-order valence-corrected chi connectivity index (χ4v) is 1.93. The van der Waals surface area contributed by atoms with Gasteiger partial charge in [-0.15, -0.1) is 0 Å². The normalized spacial score (nSPS) is 21.7. The zero-order valence-electron chi connectivity index (χ0n) is 9.26. The van der Waals surface area contributed by atoms with Crippen molar-refractivity contribution < 1.29 is 5.11 Å². The minimum Gasteiger partial charge on any atom is -0.390 e. The van der Waals surface area contributed by atoms with Gasteiger partial charge in [0.25, 0.3) is 0 Å². The molecule has 1 aliphatic heterocycles. The molecule has 0 radical (unpaired) electrons. The lowest BCUT2D eigenvalue weighted by Crippen LogP contribution is -2.43. The molecule has 2 heterocycles. The predicted octanol–water partition coefficient (Wildman–Crippen LogP) is 0.730. The molecule has 84 valence electrons. The summed E-state index contributed by atoms with van der Waals surface area (Å²) in [6.45, 7) is 5.97. The summed E-state index contributed by atoms with van der Waals surface area (Å²) in [5, 5.41) is 9.80. The summed E-state index contributed by atoms with van der Waals surface area (Å²) in [5.41, 5.74) is -0.439. The molecular formula is C11H19N3O.